The average molecular weight is 325 g/mol. The Balaban J connectivity index is 2.23. The van der Waals surface area contributed by atoms with E-state index in [1.807, 2.05) is 5.32 Å². The van der Waals surface area contributed by atoms with Gasteiger partial charge >= 0.3 is 12.0 Å². The molecule has 1 aromatic heterocycles. The van der Waals surface area contributed by atoms with Gasteiger partial charge in [0.25, 0.3) is 5.91 Å². The van der Waals surface area contributed by atoms with E-state index >= 15 is 0 Å². The summed E-state index contributed by atoms with van der Waals surface area (Å²) in [5, 5.41) is 2.86. The van der Waals surface area contributed by atoms with Crippen molar-refractivity contribution >= 4 is 40.5 Å². The number of fused-ring (bicyclic) bond motifs is 1. The molecule has 1 atom stereocenters. The highest BCUT2D eigenvalue weighted by molar-refractivity contribution is 6.35. The third-order valence-corrected chi connectivity index (χ3v) is 3.30. The molecule has 0 spiro atoms. The maximum absolute atomic E-state index is 12.1. The Morgan fingerprint density at radius 1 is 1.36 bits per heavy atom. The molecule has 3 N–H and O–H groups in total. The number of primary amides is 1. The zero-order valence-corrected chi connectivity index (χ0v) is 12.6. The van der Waals surface area contributed by atoms with Crippen LogP contribution in [0.2, 0.25) is 5.02 Å². The molecule has 0 bridgehead atoms. The molecule has 22 heavy (non-hydrogen) atoms. The van der Waals surface area contributed by atoms with Crippen molar-refractivity contribution in [2.45, 2.75) is 20.0 Å². The lowest BCUT2D eigenvalue weighted by Gasteiger charge is -2.10. The van der Waals surface area contributed by atoms with Crippen molar-refractivity contribution in [1.82, 2.24) is 5.32 Å². The van der Waals surface area contributed by atoms with Gasteiger partial charge in [0.15, 0.2) is 11.7 Å². The summed E-state index contributed by atoms with van der Waals surface area (Å²) >= 11 is 6.00. The zero-order valence-electron chi connectivity index (χ0n) is 11.8. The molecule has 8 heteroatoms. The maximum Gasteiger partial charge on any atom is 0.375 e. The number of imide groups is 1. The van der Waals surface area contributed by atoms with Crippen LogP contribution in [0.15, 0.2) is 22.6 Å². The second-order valence-electron chi connectivity index (χ2n) is 4.57. The second kappa shape index (κ2) is 6.07. The number of carbonyl (C=O) groups is 3. The standard InChI is InChI=1S/C14H13ClN2O5/c1-6-8-4-3-5-9(15)11(8)22-10(6)13(19)21-7(2)12(18)17-14(16)20/h3-5,7H,1-2H3,(H3,16,17,18,20). The van der Waals surface area contributed by atoms with Crippen molar-refractivity contribution in [2.75, 3.05) is 0 Å². The summed E-state index contributed by atoms with van der Waals surface area (Å²) in [5.74, 6) is -1.72. The minimum Gasteiger partial charge on any atom is -0.447 e. The van der Waals surface area contributed by atoms with Gasteiger partial charge < -0.3 is 14.9 Å². The summed E-state index contributed by atoms with van der Waals surface area (Å²) in [6.45, 7) is 2.98. The monoisotopic (exact) mass is 324 g/mol. The van der Waals surface area contributed by atoms with Gasteiger partial charge in [-0.2, -0.15) is 0 Å². The van der Waals surface area contributed by atoms with E-state index in [9.17, 15) is 14.4 Å². The van der Waals surface area contributed by atoms with Gasteiger partial charge in [0, 0.05) is 10.9 Å². The molecular weight excluding hydrogens is 312 g/mol. The summed E-state index contributed by atoms with van der Waals surface area (Å²) in [7, 11) is 0. The zero-order chi connectivity index (χ0) is 16.4. The van der Waals surface area contributed by atoms with E-state index in [0.717, 1.165) is 0 Å². The Kier molecular flexibility index (Phi) is 4.37. The molecule has 116 valence electrons. The lowest BCUT2D eigenvalue weighted by atomic mass is 10.1. The van der Waals surface area contributed by atoms with Crippen LogP contribution in [0.1, 0.15) is 23.0 Å². The molecule has 0 saturated carbocycles. The number of nitrogens with one attached hydrogen (secondary N) is 1. The Morgan fingerprint density at radius 2 is 2.05 bits per heavy atom. The Bertz CT molecular complexity index is 768. The topological polar surface area (TPSA) is 112 Å². The van der Waals surface area contributed by atoms with E-state index < -0.39 is 24.0 Å². The van der Waals surface area contributed by atoms with E-state index in [1.165, 1.54) is 6.92 Å². The second-order valence-corrected chi connectivity index (χ2v) is 4.98. The van der Waals surface area contributed by atoms with E-state index in [1.54, 1.807) is 25.1 Å². The van der Waals surface area contributed by atoms with Gasteiger partial charge in [0.2, 0.25) is 5.76 Å². The molecule has 0 aliphatic heterocycles. The van der Waals surface area contributed by atoms with Crippen LogP contribution in [0.25, 0.3) is 11.0 Å². The highest BCUT2D eigenvalue weighted by atomic mass is 35.5. The summed E-state index contributed by atoms with van der Waals surface area (Å²) in [6, 6.07) is 4.08. The molecule has 0 aliphatic carbocycles. The van der Waals surface area contributed by atoms with Crippen LogP contribution in [0, 0.1) is 6.92 Å². The van der Waals surface area contributed by atoms with Crippen molar-refractivity contribution in [3.8, 4) is 0 Å². The Morgan fingerprint density at radius 3 is 2.64 bits per heavy atom. The van der Waals surface area contributed by atoms with Crippen molar-refractivity contribution < 1.29 is 23.5 Å². The van der Waals surface area contributed by atoms with Crippen molar-refractivity contribution in [3.63, 3.8) is 0 Å². The molecule has 1 heterocycles. The third kappa shape index (κ3) is 3.04. The average Bonchev–Trinajstić information content (AvgIpc) is 2.77. The van der Waals surface area contributed by atoms with Gasteiger partial charge in [0.1, 0.15) is 0 Å². The number of hydrogen-bond donors (Lipinski definition) is 2. The predicted octanol–water partition coefficient (Wildman–Crippen LogP) is 2.13. The highest BCUT2D eigenvalue weighted by Crippen LogP contribution is 2.31. The van der Waals surface area contributed by atoms with Crippen LogP contribution in [-0.4, -0.2) is 24.0 Å². The third-order valence-electron chi connectivity index (χ3n) is 3.00. The fourth-order valence-corrected chi connectivity index (χ4v) is 2.11. The minimum absolute atomic E-state index is 0.0539. The molecule has 3 amide bonds. The fraction of sp³-hybridized carbons (Fsp3) is 0.214. The smallest absolute Gasteiger partial charge is 0.375 e. The SMILES string of the molecule is Cc1c(C(=O)OC(C)C(=O)NC(N)=O)oc2c(Cl)cccc12. The summed E-state index contributed by atoms with van der Waals surface area (Å²) in [6.07, 6.45) is -1.21. The summed E-state index contributed by atoms with van der Waals surface area (Å²) in [4.78, 5) is 34.2. The number of urea groups is 1. The van der Waals surface area contributed by atoms with Gasteiger partial charge in [-0.25, -0.2) is 9.59 Å². The molecule has 2 rings (SSSR count). The number of para-hydroxylation sites is 1. The van der Waals surface area contributed by atoms with E-state index in [4.69, 9.17) is 26.5 Å². The number of benzene rings is 1. The number of rotatable bonds is 3. The molecule has 7 nitrogen and oxygen atoms in total. The summed E-state index contributed by atoms with van der Waals surface area (Å²) < 4.78 is 10.4. The normalized spacial score (nSPS) is 12.0. The van der Waals surface area contributed by atoms with Crippen LogP contribution in [0.5, 0.6) is 0 Å². The number of nitrogens with two attached hydrogens (primary N) is 1. The number of halogens is 1. The lowest BCUT2D eigenvalue weighted by Crippen LogP contribution is -2.42. The molecule has 0 fully saturated rings. The first-order valence-corrected chi connectivity index (χ1v) is 6.68. The first-order chi connectivity index (χ1) is 10.3. The minimum atomic E-state index is -1.21. The number of carbonyl (C=O) groups excluding carboxylic acids is 3. The highest BCUT2D eigenvalue weighted by Gasteiger charge is 2.25. The molecule has 2 aromatic rings. The maximum atomic E-state index is 12.1. The van der Waals surface area contributed by atoms with Gasteiger partial charge in [-0.1, -0.05) is 23.7 Å². The van der Waals surface area contributed by atoms with E-state index in [-0.39, 0.29) is 5.76 Å². The molecule has 1 unspecified atom stereocenters. The molecule has 0 radical (unpaired) electrons. The lowest BCUT2D eigenvalue weighted by molar-refractivity contribution is -0.127. The fourth-order valence-electron chi connectivity index (χ4n) is 1.89. The number of furan rings is 1. The van der Waals surface area contributed by atoms with E-state index in [0.29, 0.717) is 21.6 Å². The first kappa shape index (κ1) is 15.8. The van der Waals surface area contributed by atoms with Crippen LogP contribution in [-0.2, 0) is 9.53 Å². The van der Waals surface area contributed by atoms with Crippen molar-refractivity contribution in [1.29, 1.82) is 0 Å². The number of ether oxygens (including phenoxy) is 1. The quantitative estimate of drug-likeness (QED) is 0.840. The molecular formula is C14H13ClN2O5. The Labute approximate surface area is 130 Å². The first-order valence-electron chi connectivity index (χ1n) is 6.30. The van der Waals surface area contributed by atoms with Crippen LogP contribution < -0.4 is 11.1 Å². The Hall–Kier alpha value is -2.54. The van der Waals surface area contributed by atoms with Gasteiger partial charge in [-0.05, 0) is 19.9 Å². The van der Waals surface area contributed by atoms with Gasteiger partial charge in [-0.15, -0.1) is 0 Å². The summed E-state index contributed by atoms with van der Waals surface area (Å²) in [5.41, 5.74) is 5.73. The van der Waals surface area contributed by atoms with Crippen molar-refractivity contribution in [3.05, 3.63) is 34.5 Å². The predicted molar refractivity (Wildman–Crippen MR) is 78.6 cm³/mol. The number of amides is 3. The molecule has 0 saturated heterocycles. The van der Waals surface area contributed by atoms with Gasteiger partial charge in [0.05, 0.1) is 5.02 Å². The van der Waals surface area contributed by atoms with Gasteiger partial charge in [-0.3, -0.25) is 10.1 Å². The number of esters is 1. The van der Waals surface area contributed by atoms with Crippen LogP contribution in [0.4, 0.5) is 4.79 Å². The number of aryl methyl sites for hydroxylation is 1. The number of hydrogen-bond acceptors (Lipinski definition) is 5. The largest absolute Gasteiger partial charge is 0.447 e. The van der Waals surface area contributed by atoms with Crippen LogP contribution >= 0.6 is 11.6 Å². The molecule has 0 aliphatic rings. The van der Waals surface area contributed by atoms with E-state index in [2.05, 4.69) is 0 Å². The van der Waals surface area contributed by atoms with Crippen LogP contribution in [0.3, 0.4) is 0 Å². The molecule has 1 aromatic carbocycles. The van der Waals surface area contributed by atoms with Crippen molar-refractivity contribution in [2.24, 2.45) is 5.73 Å².